The van der Waals surface area contributed by atoms with Crippen LogP contribution in [0.25, 0.3) is 10.9 Å². The molecule has 0 aliphatic heterocycles. The van der Waals surface area contributed by atoms with E-state index in [9.17, 15) is 4.79 Å². The summed E-state index contributed by atoms with van der Waals surface area (Å²) >= 11 is 3.41. The Bertz CT molecular complexity index is 708. The molecule has 7 nitrogen and oxygen atoms in total. The van der Waals surface area contributed by atoms with Gasteiger partial charge in [0, 0.05) is 18.8 Å². The normalized spacial score (nSPS) is 13.1. The first-order chi connectivity index (χ1) is 10.7. The second kappa shape index (κ2) is 6.74. The Morgan fingerprint density at radius 1 is 1.52 bits per heavy atom. The minimum atomic E-state index is -0.503. The number of carbonyl (C=O) groups is 1. The molecule has 2 aromatic rings. The van der Waals surface area contributed by atoms with E-state index in [1.165, 1.54) is 0 Å². The lowest BCUT2D eigenvalue weighted by Crippen LogP contribution is -2.38. The maximum Gasteiger partial charge on any atom is 0.407 e. The number of hydrogen-bond acceptors (Lipinski definition) is 5. The van der Waals surface area contributed by atoms with Gasteiger partial charge in [-0.3, -0.25) is 4.68 Å². The summed E-state index contributed by atoms with van der Waals surface area (Å²) in [4.78, 5) is 15.8. The summed E-state index contributed by atoms with van der Waals surface area (Å²) in [6, 6.07) is 1.83. The highest BCUT2D eigenvalue weighted by molar-refractivity contribution is 9.10. The van der Waals surface area contributed by atoms with Crippen molar-refractivity contribution in [2.45, 2.75) is 52.3 Å². The van der Waals surface area contributed by atoms with Crippen LogP contribution in [0, 0.1) is 0 Å². The molecule has 23 heavy (non-hydrogen) atoms. The number of nitrogens with zero attached hydrogens (tertiary/aromatic N) is 3. The third kappa shape index (κ3) is 4.57. The summed E-state index contributed by atoms with van der Waals surface area (Å²) in [7, 11) is 0. The third-order valence-corrected chi connectivity index (χ3v) is 3.74. The first-order valence-corrected chi connectivity index (χ1v) is 8.22. The minimum Gasteiger partial charge on any atom is -0.444 e. The zero-order valence-electron chi connectivity index (χ0n) is 13.8. The van der Waals surface area contributed by atoms with Crippen molar-refractivity contribution < 1.29 is 9.53 Å². The van der Waals surface area contributed by atoms with E-state index >= 15 is 0 Å². The van der Waals surface area contributed by atoms with E-state index in [1.807, 2.05) is 38.4 Å². The van der Waals surface area contributed by atoms with Gasteiger partial charge in [-0.2, -0.15) is 5.10 Å². The number of nitrogen functional groups attached to an aromatic ring is 1. The van der Waals surface area contributed by atoms with Gasteiger partial charge in [-0.25, -0.2) is 9.78 Å². The predicted molar refractivity (Wildman–Crippen MR) is 93.1 cm³/mol. The number of halogens is 1. The molecule has 0 aliphatic carbocycles. The van der Waals surface area contributed by atoms with Gasteiger partial charge in [-0.15, -0.1) is 0 Å². The molecule has 3 N–H and O–H groups in total. The number of aryl methyl sites for hydroxylation is 1. The van der Waals surface area contributed by atoms with Gasteiger partial charge in [0.1, 0.15) is 16.0 Å². The lowest BCUT2D eigenvalue weighted by atomic mass is 10.2. The van der Waals surface area contributed by atoms with Crippen LogP contribution < -0.4 is 11.1 Å². The number of nitrogens with two attached hydrogens (primary N) is 1. The first-order valence-electron chi connectivity index (χ1n) is 7.43. The number of anilines is 1. The van der Waals surface area contributed by atoms with Crippen molar-refractivity contribution in [1.29, 1.82) is 0 Å². The SMILES string of the molecule is CC(CCn1nc(Br)c2c(N)nccc21)NC(=O)OC(C)(C)C. The lowest BCUT2D eigenvalue weighted by molar-refractivity contribution is 0.0505. The zero-order chi connectivity index (χ0) is 17.2. The molecule has 1 atom stereocenters. The molecule has 2 rings (SSSR count). The average molecular weight is 384 g/mol. The second-order valence-corrected chi connectivity index (χ2v) is 7.19. The number of alkyl carbamates (subject to hydrolysis) is 1. The fourth-order valence-electron chi connectivity index (χ4n) is 2.17. The van der Waals surface area contributed by atoms with Crippen LogP contribution in [-0.2, 0) is 11.3 Å². The van der Waals surface area contributed by atoms with Gasteiger partial charge < -0.3 is 15.8 Å². The van der Waals surface area contributed by atoms with Crippen LogP contribution in [0.15, 0.2) is 16.9 Å². The van der Waals surface area contributed by atoms with Crippen LogP contribution in [0.3, 0.4) is 0 Å². The van der Waals surface area contributed by atoms with E-state index in [-0.39, 0.29) is 6.04 Å². The fraction of sp³-hybridized carbons (Fsp3) is 0.533. The van der Waals surface area contributed by atoms with E-state index in [0.29, 0.717) is 23.4 Å². The molecule has 0 spiro atoms. The third-order valence-electron chi connectivity index (χ3n) is 3.19. The molecule has 0 bridgehead atoms. The number of nitrogens with one attached hydrogen (secondary N) is 1. The number of rotatable bonds is 4. The van der Waals surface area contributed by atoms with E-state index in [1.54, 1.807) is 6.20 Å². The second-order valence-electron chi connectivity index (χ2n) is 6.44. The summed E-state index contributed by atoms with van der Waals surface area (Å²) in [6.45, 7) is 8.08. The van der Waals surface area contributed by atoms with Crippen LogP contribution in [0.5, 0.6) is 0 Å². The smallest absolute Gasteiger partial charge is 0.407 e. The minimum absolute atomic E-state index is 0.0398. The Hall–Kier alpha value is -1.83. The number of pyridine rings is 1. The quantitative estimate of drug-likeness (QED) is 0.845. The summed E-state index contributed by atoms with van der Waals surface area (Å²) in [5.41, 5.74) is 6.29. The molecular formula is C15H22BrN5O2. The number of aromatic nitrogens is 3. The monoisotopic (exact) mass is 383 g/mol. The summed E-state index contributed by atoms with van der Waals surface area (Å²) in [6.07, 6.45) is 1.96. The highest BCUT2D eigenvalue weighted by Gasteiger charge is 2.18. The molecule has 1 unspecified atom stereocenters. The number of ether oxygens (including phenoxy) is 1. The Kier molecular flexibility index (Phi) is 5.13. The molecule has 0 radical (unpaired) electrons. The summed E-state index contributed by atoms with van der Waals surface area (Å²) in [5.74, 6) is 0.445. The molecule has 2 heterocycles. The average Bonchev–Trinajstić information content (AvgIpc) is 2.72. The first kappa shape index (κ1) is 17.5. The lowest BCUT2D eigenvalue weighted by Gasteiger charge is -2.22. The van der Waals surface area contributed by atoms with E-state index < -0.39 is 11.7 Å². The van der Waals surface area contributed by atoms with Crippen molar-refractivity contribution in [3.05, 3.63) is 16.9 Å². The maximum absolute atomic E-state index is 11.8. The van der Waals surface area contributed by atoms with E-state index in [2.05, 4.69) is 31.3 Å². The Morgan fingerprint density at radius 2 is 2.22 bits per heavy atom. The molecule has 2 aromatic heterocycles. The van der Waals surface area contributed by atoms with Crippen molar-refractivity contribution in [3.8, 4) is 0 Å². The standard InChI is InChI=1S/C15H22BrN5O2/c1-9(19-14(22)23-15(2,3)4)6-8-21-10-5-7-18-13(17)11(10)12(16)20-21/h5,7,9H,6,8H2,1-4H3,(H2,17,18)(H,19,22). The van der Waals surface area contributed by atoms with Crippen LogP contribution in [-0.4, -0.2) is 32.5 Å². The number of carbonyl (C=O) groups excluding carboxylic acids is 1. The van der Waals surface area contributed by atoms with E-state index in [0.717, 1.165) is 10.9 Å². The maximum atomic E-state index is 11.8. The van der Waals surface area contributed by atoms with Gasteiger partial charge in [-0.05, 0) is 56.1 Å². The van der Waals surface area contributed by atoms with Crippen molar-refractivity contribution in [1.82, 2.24) is 20.1 Å². The fourth-order valence-corrected chi connectivity index (χ4v) is 2.77. The molecular weight excluding hydrogens is 362 g/mol. The van der Waals surface area contributed by atoms with Gasteiger partial charge in [0.25, 0.3) is 0 Å². The van der Waals surface area contributed by atoms with Gasteiger partial charge in [-0.1, -0.05) is 0 Å². The topological polar surface area (TPSA) is 95.1 Å². The molecule has 0 aromatic carbocycles. The van der Waals surface area contributed by atoms with Gasteiger partial charge in [0.2, 0.25) is 0 Å². The van der Waals surface area contributed by atoms with Crippen LogP contribution in [0.2, 0.25) is 0 Å². The number of fused-ring (bicyclic) bond motifs is 1. The highest BCUT2D eigenvalue weighted by atomic mass is 79.9. The van der Waals surface area contributed by atoms with Crippen molar-refractivity contribution >= 4 is 38.7 Å². The molecule has 1 amide bonds. The van der Waals surface area contributed by atoms with Crippen molar-refractivity contribution in [3.63, 3.8) is 0 Å². The van der Waals surface area contributed by atoms with Gasteiger partial charge in [0.15, 0.2) is 0 Å². The largest absolute Gasteiger partial charge is 0.444 e. The zero-order valence-corrected chi connectivity index (χ0v) is 15.3. The Balaban J connectivity index is 1.99. The van der Waals surface area contributed by atoms with E-state index in [4.69, 9.17) is 10.5 Å². The van der Waals surface area contributed by atoms with Crippen molar-refractivity contribution in [2.75, 3.05) is 5.73 Å². The van der Waals surface area contributed by atoms with Gasteiger partial charge >= 0.3 is 6.09 Å². The van der Waals surface area contributed by atoms with Crippen LogP contribution in [0.4, 0.5) is 10.6 Å². The Labute approximate surface area is 143 Å². The molecule has 0 aliphatic rings. The predicted octanol–water partition coefficient (Wildman–Crippen LogP) is 3.08. The molecule has 126 valence electrons. The van der Waals surface area contributed by atoms with Gasteiger partial charge in [0.05, 0.1) is 10.9 Å². The van der Waals surface area contributed by atoms with Crippen molar-refractivity contribution in [2.24, 2.45) is 0 Å². The summed E-state index contributed by atoms with van der Waals surface area (Å²) < 4.78 is 7.77. The van der Waals surface area contributed by atoms with Crippen LogP contribution in [0.1, 0.15) is 34.1 Å². The molecule has 0 saturated heterocycles. The number of amides is 1. The molecule has 0 saturated carbocycles. The highest BCUT2D eigenvalue weighted by Crippen LogP contribution is 2.27. The number of hydrogen-bond donors (Lipinski definition) is 2. The van der Waals surface area contributed by atoms with Crippen LogP contribution >= 0.6 is 15.9 Å². The Morgan fingerprint density at radius 3 is 2.87 bits per heavy atom. The molecule has 8 heteroatoms. The summed E-state index contributed by atoms with van der Waals surface area (Å²) in [5, 5.41) is 8.06. The molecule has 0 fully saturated rings.